The van der Waals surface area contributed by atoms with Gasteiger partial charge in [0.25, 0.3) is 0 Å². The molecule has 1 atom stereocenters. The van der Waals surface area contributed by atoms with Crippen molar-refractivity contribution in [3.05, 3.63) is 17.2 Å². The topological polar surface area (TPSA) is 76.8 Å². The van der Waals surface area contributed by atoms with Crippen LogP contribution < -0.4 is 15.8 Å². The number of rotatable bonds is 6. The van der Waals surface area contributed by atoms with E-state index in [-0.39, 0.29) is 12.1 Å². The lowest BCUT2D eigenvalue weighted by molar-refractivity contribution is 0.0252. The van der Waals surface area contributed by atoms with E-state index in [1.165, 1.54) is 0 Å². The average Bonchev–Trinajstić information content (AvgIpc) is 2.85. The number of unbranched alkanes of at least 4 members (excludes halogenated alkanes) is 1. The Morgan fingerprint density at radius 1 is 1.36 bits per heavy atom. The molecule has 0 aromatic heterocycles. The summed E-state index contributed by atoms with van der Waals surface area (Å²) < 4.78 is 11.3. The number of hydrogen-bond donors (Lipinski definition) is 2. The minimum absolute atomic E-state index is 0.0423. The number of halogens is 1. The summed E-state index contributed by atoms with van der Waals surface area (Å²) in [4.78, 5) is 14.3. The van der Waals surface area contributed by atoms with Crippen molar-refractivity contribution in [1.82, 2.24) is 4.90 Å². The molecule has 0 unspecified atom stereocenters. The molecule has 2 rings (SSSR count). The fraction of sp³-hybridized carbons (Fsp3) is 0.667. The molecule has 0 saturated carbocycles. The Balaban J connectivity index is 2.10. The van der Waals surface area contributed by atoms with Crippen LogP contribution in [0.15, 0.2) is 12.1 Å². The smallest absolute Gasteiger partial charge is 0.410 e. The molecule has 0 radical (unpaired) electrons. The first-order chi connectivity index (χ1) is 13.2. The number of nitrogen functional groups attached to an aromatic ring is 1. The standard InChI is InChI=1S/C21H34ClN3O3/c1-5-6-13-27-17-11-10-16(23)19(18(17)22)24-15-9-7-8-12-25(14-15)20(26)28-21(2,3)4/h10-11,15,24H,5-9,12-14,23H2,1-4H3/t15-/m1/s1. The maximum absolute atomic E-state index is 12.5. The first-order valence-corrected chi connectivity index (χ1v) is 10.5. The van der Waals surface area contributed by atoms with Crippen LogP contribution in [0.3, 0.4) is 0 Å². The monoisotopic (exact) mass is 411 g/mol. The summed E-state index contributed by atoms with van der Waals surface area (Å²) in [5.74, 6) is 0.629. The zero-order chi connectivity index (χ0) is 20.7. The molecule has 28 heavy (non-hydrogen) atoms. The van der Waals surface area contributed by atoms with E-state index in [0.717, 1.165) is 32.1 Å². The fourth-order valence-electron chi connectivity index (χ4n) is 3.11. The quantitative estimate of drug-likeness (QED) is 0.490. The van der Waals surface area contributed by atoms with Crippen molar-refractivity contribution >= 4 is 29.1 Å². The molecule has 1 heterocycles. The van der Waals surface area contributed by atoms with Gasteiger partial charge in [0.15, 0.2) is 0 Å². The van der Waals surface area contributed by atoms with Gasteiger partial charge < -0.3 is 25.4 Å². The van der Waals surface area contributed by atoms with E-state index in [1.807, 2.05) is 20.8 Å². The Labute approximate surface area is 173 Å². The van der Waals surface area contributed by atoms with Crippen molar-refractivity contribution in [2.24, 2.45) is 0 Å². The summed E-state index contributed by atoms with van der Waals surface area (Å²) in [5.41, 5.74) is 6.90. The van der Waals surface area contributed by atoms with E-state index in [0.29, 0.717) is 41.8 Å². The lowest BCUT2D eigenvalue weighted by Gasteiger charge is -2.29. The number of ether oxygens (including phenoxy) is 2. The van der Waals surface area contributed by atoms with E-state index in [4.69, 9.17) is 26.8 Å². The van der Waals surface area contributed by atoms with Gasteiger partial charge in [-0.05, 0) is 58.6 Å². The lowest BCUT2D eigenvalue weighted by Crippen LogP contribution is -2.42. The van der Waals surface area contributed by atoms with Crippen LogP contribution in [-0.4, -0.2) is 42.3 Å². The number of nitrogens with zero attached hydrogens (tertiary/aromatic N) is 1. The van der Waals surface area contributed by atoms with Gasteiger partial charge >= 0.3 is 6.09 Å². The summed E-state index contributed by atoms with van der Waals surface area (Å²) in [7, 11) is 0. The first-order valence-electron chi connectivity index (χ1n) is 10.2. The van der Waals surface area contributed by atoms with Gasteiger partial charge in [0, 0.05) is 19.1 Å². The minimum atomic E-state index is -0.510. The Bertz CT molecular complexity index is 661. The average molecular weight is 412 g/mol. The van der Waals surface area contributed by atoms with Crippen LogP contribution in [-0.2, 0) is 4.74 Å². The van der Waals surface area contributed by atoms with Crippen LogP contribution in [0.4, 0.5) is 16.2 Å². The Kier molecular flexibility index (Phi) is 8.10. The molecule has 3 N–H and O–H groups in total. The molecule has 1 saturated heterocycles. The van der Waals surface area contributed by atoms with Crippen molar-refractivity contribution in [3.63, 3.8) is 0 Å². The molecule has 6 nitrogen and oxygen atoms in total. The molecule has 1 fully saturated rings. The molecule has 1 aliphatic rings. The number of likely N-dealkylation sites (tertiary alicyclic amines) is 1. The van der Waals surface area contributed by atoms with E-state index in [9.17, 15) is 4.79 Å². The van der Waals surface area contributed by atoms with Crippen LogP contribution in [0.5, 0.6) is 5.75 Å². The Morgan fingerprint density at radius 3 is 2.79 bits per heavy atom. The van der Waals surface area contributed by atoms with Crippen LogP contribution in [0.1, 0.15) is 59.8 Å². The number of anilines is 2. The van der Waals surface area contributed by atoms with Crippen molar-refractivity contribution in [1.29, 1.82) is 0 Å². The summed E-state index contributed by atoms with van der Waals surface area (Å²) in [6.07, 6.45) is 4.63. The second-order valence-corrected chi connectivity index (χ2v) is 8.69. The van der Waals surface area contributed by atoms with Gasteiger partial charge in [0.05, 0.1) is 18.0 Å². The SMILES string of the molecule is CCCCOc1ccc(N)c(N[C@@H]2CCCCN(C(=O)OC(C)(C)C)C2)c1Cl. The van der Waals surface area contributed by atoms with Gasteiger partial charge in [-0.2, -0.15) is 0 Å². The van der Waals surface area contributed by atoms with Gasteiger partial charge in [-0.1, -0.05) is 24.9 Å². The predicted octanol–water partition coefficient (Wildman–Crippen LogP) is 5.30. The van der Waals surface area contributed by atoms with Gasteiger partial charge in [0.1, 0.15) is 16.4 Å². The highest BCUT2D eigenvalue weighted by Crippen LogP contribution is 2.37. The van der Waals surface area contributed by atoms with Crippen LogP contribution in [0.25, 0.3) is 0 Å². The van der Waals surface area contributed by atoms with Crippen molar-refractivity contribution in [3.8, 4) is 5.75 Å². The van der Waals surface area contributed by atoms with Crippen molar-refractivity contribution in [2.75, 3.05) is 30.7 Å². The van der Waals surface area contributed by atoms with E-state index < -0.39 is 5.60 Å². The zero-order valence-corrected chi connectivity index (χ0v) is 18.3. The summed E-state index contributed by atoms with van der Waals surface area (Å²) in [6.45, 7) is 9.61. The predicted molar refractivity (Wildman–Crippen MR) is 115 cm³/mol. The zero-order valence-electron chi connectivity index (χ0n) is 17.5. The summed E-state index contributed by atoms with van der Waals surface area (Å²) in [5, 5.41) is 3.94. The van der Waals surface area contributed by atoms with Gasteiger partial charge in [-0.25, -0.2) is 4.79 Å². The fourth-order valence-corrected chi connectivity index (χ4v) is 3.39. The Morgan fingerprint density at radius 2 is 2.11 bits per heavy atom. The van der Waals surface area contributed by atoms with Crippen molar-refractivity contribution < 1.29 is 14.3 Å². The highest BCUT2D eigenvalue weighted by molar-refractivity contribution is 6.35. The number of nitrogens with one attached hydrogen (secondary N) is 1. The number of benzene rings is 1. The lowest BCUT2D eigenvalue weighted by atomic mass is 10.1. The summed E-state index contributed by atoms with van der Waals surface area (Å²) >= 11 is 6.57. The van der Waals surface area contributed by atoms with E-state index in [2.05, 4.69) is 12.2 Å². The van der Waals surface area contributed by atoms with Crippen molar-refractivity contribution in [2.45, 2.75) is 71.4 Å². The van der Waals surface area contributed by atoms with Gasteiger partial charge in [-0.15, -0.1) is 0 Å². The molecule has 1 aromatic rings. The van der Waals surface area contributed by atoms with Crippen LogP contribution in [0.2, 0.25) is 5.02 Å². The Hall–Kier alpha value is -1.82. The molecule has 158 valence electrons. The van der Waals surface area contributed by atoms with Gasteiger partial charge in [0.2, 0.25) is 0 Å². The normalized spacial score (nSPS) is 17.8. The van der Waals surface area contributed by atoms with Gasteiger partial charge in [-0.3, -0.25) is 0 Å². The molecule has 0 bridgehead atoms. The van der Waals surface area contributed by atoms with Crippen LogP contribution >= 0.6 is 11.6 Å². The summed E-state index contributed by atoms with van der Waals surface area (Å²) in [6, 6.07) is 3.65. The largest absolute Gasteiger partial charge is 0.492 e. The highest BCUT2D eigenvalue weighted by Gasteiger charge is 2.27. The molecule has 7 heteroatoms. The second kappa shape index (κ2) is 10.1. The third-order valence-corrected chi connectivity index (χ3v) is 4.94. The molecular formula is C21H34ClN3O3. The first kappa shape index (κ1) is 22.5. The molecule has 1 aromatic carbocycles. The molecule has 0 aliphatic carbocycles. The number of nitrogens with two attached hydrogens (primary N) is 1. The minimum Gasteiger partial charge on any atom is -0.492 e. The maximum atomic E-state index is 12.5. The number of hydrogen-bond acceptors (Lipinski definition) is 5. The van der Waals surface area contributed by atoms with Crippen LogP contribution in [0, 0.1) is 0 Å². The number of amides is 1. The molecular weight excluding hydrogens is 378 g/mol. The third-order valence-electron chi connectivity index (χ3n) is 4.57. The highest BCUT2D eigenvalue weighted by atomic mass is 35.5. The number of carbonyl (C=O) groups excluding carboxylic acids is 1. The van der Waals surface area contributed by atoms with E-state index >= 15 is 0 Å². The molecule has 0 spiro atoms. The third kappa shape index (κ3) is 6.66. The molecule has 1 aliphatic heterocycles. The maximum Gasteiger partial charge on any atom is 0.410 e. The number of carbonyl (C=O) groups is 1. The second-order valence-electron chi connectivity index (χ2n) is 8.31. The van der Waals surface area contributed by atoms with E-state index in [1.54, 1.807) is 17.0 Å². The molecule has 1 amide bonds.